The van der Waals surface area contributed by atoms with Gasteiger partial charge in [-0.05, 0) is 82.1 Å². The number of hydrogen-bond donors (Lipinski definition) is 6. The number of rotatable bonds is 11. The minimum atomic E-state index is -1.51. The Morgan fingerprint density at radius 2 is 1.01 bits per heavy atom. The second-order valence-corrected chi connectivity index (χ2v) is 21.2. The number of halogens is 4. The maximum Gasteiger partial charge on any atom is 1.00 e. The zero-order valence-electron chi connectivity index (χ0n) is 43.4. The van der Waals surface area contributed by atoms with Crippen molar-refractivity contribution in [1.82, 2.24) is 54.8 Å². The molecule has 79 heavy (non-hydrogen) atoms. The Morgan fingerprint density at radius 3 is 1.39 bits per heavy atom. The Kier molecular flexibility index (Phi) is 23.3. The van der Waals surface area contributed by atoms with Crippen molar-refractivity contribution in [2.24, 2.45) is 0 Å². The number of aliphatic hydroxyl groups is 1. The minimum absolute atomic E-state index is 0. The maximum atomic E-state index is 13.0. The number of piperazine rings is 2. The van der Waals surface area contributed by atoms with Gasteiger partial charge in [0.05, 0.1) is 29.2 Å². The van der Waals surface area contributed by atoms with E-state index in [-0.39, 0.29) is 113 Å². The van der Waals surface area contributed by atoms with Gasteiger partial charge < -0.3 is 62.9 Å². The van der Waals surface area contributed by atoms with Crippen molar-refractivity contribution in [2.45, 2.75) is 123 Å². The molecule has 10 N–H and O–H groups in total. The summed E-state index contributed by atoms with van der Waals surface area (Å²) < 4.78 is 0. The van der Waals surface area contributed by atoms with E-state index in [1.807, 2.05) is 14.7 Å². The summed E-state index contributed by atoms with van der Waals surface area (Å²) in [6.45, 7) is 11.0. The molecule has 4 aromatic heterocycles. The van der Waals surface area contributed by atoms with Crippen LogP contribution in [0.1, 0.15) is 128 Å². The van der Waals surface area contributed by atoms with E-state index in [1.54, 1.807) is 24.3 Å². The number of nitrogens with two attached hydrogens (primary N) is 4. The summed E-state index contributed by atoms with van der Waals surface area (Å²) in [5.74, 6) is -1.32. The second kappa shape index (κ2) is 28.5. The minimum Gasteiger partial charge on any atom is -0.543 e. The SMILES string of the molecule is C.C.CC[C@H]1CN(c2nc(N)c(C(=O)N[C@H]3CCC[C@@H]3O)nc2Cl)CCN1C1CCN(C(=O)c2ccc(Cl)nc2N)CC1.CC[C@H]1CN(c2nc(N)c(C(=O)[O-])nc2Cl)CCN1C1CCN(C(=O)c2ccc(Cl)nc2N)CC1.[Li+]. The summed E-state index contributed by atoms with van der Waals surface area (Å²) in [4.78, 5) is 87.4. The van der Waals surface area contributed by atoms with Crippen molar-refractivity contribution in [3.8, 4) is 0 Å². The topological polar surface area (TPSA) is 324 Å². The predicted molar refractivity (Wildman–Crippen MR) is 303 cm³/mol. The van der Waals surface area contributed by atoms with Crippen LogP contribution in [0.2, 0.25) is 20.6 Å². The molecule has 0 bridgehead atoms. The van der Waals surface area contributed by atoms with E-state index in [1.165, 1.54) is 0 Å². The molecule has 1 saturated carbocycles. The first-order valence-electron chi connectivity index (χ1n) is 25.7. The van der Waals surface area contributed by atoms with Crippen molar-refractivity contribution in [2.75, 3.05) is 98.2 Å². The molecular formula is C51H72Cl4LiN17O6. The molecule has 4 saturated heterocycles. The van der Waals surface area contributed by atoms with Gasteiger partial charge in [0.1, 0.15) is 27.6 Å². The van der Waals surface area contributed by atoms with Gasteiger partial charge in [-0.15, -0.1) is 0 Å². The second-order valence-electron chi connectivity index (χ2n) is 19.7. The number of piperidine rings is 2. The van der Waals surface area contributed by atoms with Crippen LogP contribution in [0.15, 0.2) is 24.3 Å². The third-order valence-electron chi connectivity index (χ3n) is 15.2. The smallest absolute Gasteiger partial charge is 0.543 e. The summed E-state index contributed by atoms with van der Waals surface area (Å²) >= 11 is 24.5. The molecule has 0 radical (unpaired) electrons. The monoisotopic (exact) mass is 1170 g/mol. The molecule has 9 rings (SSSR count). The van der Waals surface area contributed by atoms with E-state index in [0.717, 1.165) is 58.0 Å². The number of carboxylic acid groups (broad SMARTS) is 1. The van der Waals surface area contributed by atoms with Crippen LogP contribution in [0.5, 0.6) is 0 Å². The number of nitrogen functional groups attached to an aromatic ring is 4. The number of anilines is 6. The average molecular weight is 1170 g/mol. The number of nitrogens with zero attached hydrogens (tertiary/aromatic N) is 12. The molecule has 426 valence electrons. The van der Waals surface area contributed by atoms with Crippen LogP contribution < -0.4 is 62.0 Å². The summed E-state index contributed by atoms with van der Waals surface area (Å²) in [5.41, 5.74) is 24.0. The summed E-state index contributed by atoms with van der Waals surface area (Å²) in [6, 6.07) is 7.23. The van der Waals surface area contributed by atoms with Crippen LogP contribution in [0, 0.1) is 0 Å². The van der Waals surface area contributed by atoms with Crippen molar-refractivity contribution in [1.29, 1.82) is 0 Å². The third kappa shape index (κ3) is 14.8. The van der Waals surface area contributed by atoms with Gasteiger partial charge in [-0.25, -0.2) is 29.9 Å². The van der Waals surface area contributed by atoms with Crippen LogP contribution in [-0.4, -0.2) is 180 Å². The van der Waals surface area contributed by atoms with Crippen molar-refractivity contribution in [3.05, 3.63) is 67.4 Å². The van der Waals surface area contributed by atoms with E-state index in [2.05, 4.69) is 63.8 Å². The van der Waals surface area contributed by atoms with E-state index >= 15 is 0 Å². The number of carbonyl (C=O) groups excluding carboxylic acids is 4. The van der Waals surface area contributed by atoms with Crippen molar-refractivity contribution in [3.63, 3.8) is 0 Å². The fraction of sp³-hybridized carbons (Fsp3) is 0.569. The van der Waals surface area contributed by atoms with E-state index in [9.17, 15) is 29.4 Å². The zero-order chi connectivity index (χ0) is 54.5. The predicted octanol–water partition coefficient (Wildman–Crippen LogP) is 1.38. The summed E-state index contributed by atoms with van der Waals surface area (Å²) in [5, 5.41) is 24.6. The largest absolute Gasteiger partial charge is 1.00 e. The molecule has 0 spiro atoms. The van der Waals surface area contributed by atoms with Gasteiger partial charge in [0, 0.05) is 89.6 Å². The Morgan fingerprint density at radius 1 is 0.595 bits per heavy atom. The normalized spacial score (nSPS) is 21.2. The van der Waals surface area contributed by atoms with Gasteiger partial charge in [-0.1, -0.05) is 75.1 Å². The molecule has 0 unspecified atom stereocenters. The molecule has 3 amide bonds. The number of carboxylic acids is 1. The van der Waals surface area contributed by atoms with Gasteiger partial charge in [-0.3, -0.25) is 24.2 Å². The third-order valence-corrected chi connectivity index (χ3v) is 16.1. The number of hydrogen-bond acceptors (Lipinski definition) is 20. The van der Waals surface area contributed by atoms with Gasteiger partial charge in [0.15, 0.2) is 39.3 Å². The van der Waals surface area contributed by atoms with Crippen LogP contribution in [0.3, 0.4) is 0 Å². The standard InChI is InChI=1S/C27H37Cl2N9O3.C22H28Cl2N8O3.2CH4.Li/c1-2-15-14-37(25-22(29)34-21(24(31)35-25)26(40)32-18-4-3-5-19(18)39)12-13-38(15)16-8-10-36(11-9-16)27(41)17-6-7-20(28)33-23(17)30;1-2-12-11-31(20-17(24)28-16(22(34)35)19(26)29-20)9-10-32(12)13-5-7-30(8-6-13)21(33)14-3-4-15(23)27-18(14)25;;;/h6-7,15-16,18-19,39H,2-5,8-14H2,1H3,(H2,30,33)(H2,31,35)(H,32,40);3-4,12-13H,2,5-11H2,1H3,(H2,25,27)(H2,26,29)(H,34,35);2*1H4;/q;;;;+1/p-1/t15-,18-,19-;12-;;;/m00.../s1. The fourth-order valence-electron chi connectivity index (χ4n) is 11.1. The Balaban J connectivity index is 0.000000283. The first kappa shape index (κ1) is 64.6. The van der Waals surface area contributed by atoms with E-state index < -0.39 is 23.7 Å². The molecule has 28 heteroatoms. The van der Waals surface area contributed by atoms with E-state index in [4.69, 9.17) is 69.3 Å². The number of aromatic nitrogens is 6. The van der Waals surface area contributed by atoms with Crippen molar-refractivity contribution >= 4 is 105 Å². The van der Waals surface area contributed by atoms with Gasteiger partial charge in [-0.2, -0.15) is 0 Å². The molecule has 23 nitrogen and oxygen atoms in total. The van der Waals surface area contributed by atoms with Crippen LogP contribution >= 0.6 is 46.4 Å². The van der Waals surface area contributed by atoms with Gasteiger partial charge in [0.25, 0.3) is 17.7 Å². The van der Waals surface area contributed by atoms with Gasteiger partial charge in [0.2, 0.25) is 0 Å². The average Bonchev–Trinajstić information content (AvgIpc) is 3.88. The first-order chi connectivity index (χ1) is 36.3. The molecule has 1 aliphatic carbocycles. The first-order valence-corrected chi connectivity index (χ1v) is 27.2. The number of aromatic carboxylic acids is 1. The van der Waals surface area contributed by atoms with Crippen LogP contribution in [0.25, 0.3) is 0 Å². The molecular weight excluding hydrogens is 1100 g/mol. The maximum absolute atomic E-state index is 13.0. The van der Waals surface area contributed by atoms with Gasteiger partial charge >= 0.3 is 18.9 Å². The fourth-order valence-corrected chi connectivity index (χ4v) is 11.9. The van der Waals surface area contributed by atoms with E-state index in [0.29, 0.717) is 100 Å². The number of carbonyl (C=O) groups is 4. The quantitative estimate of drug-likeness (QED) is 0.0913. The number of nitrogens with one attached hydrogen (secondary N) is 1. The molecule has 5 aliphatic rings. The molecule has 4 aliphatic heterocycles. The zero-order valence-corrected chi connectivity index (χ0v) is 46.4. The molecule has 0 aromatic carbocycles. The Labute approximate surface area is 493 Å². The molecule has 4 aromatic rings. The summed E-state index contributed by atoms with van der Waals surface area (Å²) in [7, 11) is 0. The van der Waals surface area contributed by atoms with Crippen LogP contribution in [-0.2, 0) is 0 Å². The number of aliphatic hydroxyl groups excluding tert-OH is 1. The Hall–Kier alpha value is -5.22. The Bertz CT molecular complexity index is 2800. The van der Waals surface area contributed by atoms with Crippen LogP contribution in [0.4, 0.5) is 34.9 Å². The summed E-state index contributed by atoms with van der Waals surface area (Å²) in [6.07, 6.45) is 6.87. The number of likely N-dealkylation sites (tertiary alicyclic amines) is 2. The number of amides is 3. The number of pyridine rings is 2. The molecule has 4 atom stereocenters. The molecule has 8 heterocycles. The van der Waals surface area contributed by atoms with Crippen molar-refractivity contribution < 1.29 is 48.3 Å². The molecule has 5 fully saturated rings.